The number of anilines is 1. The monoisotopic (exact) mass is 488 g/mol. The zero-order valence-electron chi connectivity index (χ0n) is 18.6. The van der Waals surface area contributed by atoms with Crippen LogP contribution in [0.4, 0.5) is 5.82 Å². The average molecular weight is 489 g/mol. The Kier molecular flexibility index (Phi) is 6.58. The molecule has 0 atom stereocenters. The van der Waals surface area contributed by atoms with Crippen LogP contribution in [0.25, 0.3) is 5.69 Å². The van der Waals surface area contributed by atoms with Crippen molar-refractivity contribution in [1.82, 2.24) is 14.1 Å². The summed E-state index contributed by atoms with van der Waals surface area (Å²) in [5.74, 6) is -0.0652. The number of carbonyl (C=O) groups is 1. The Morgan fingerprint density at radius 2 is 1.70 bits per heavy atom. The molecule has 0 radical (unpaired) electrons. The third kappa shape index (κ3) is 4.96. The van der Waals surface area contributed by atoms with Gasteiger partial charge in [-0.25, -0.2) is 13.1 Å². The summed E-state index contributed by atoms with van der Waals surface area (Å²) in [6, 6.07) is 11.9. The molecule has 3 aromatic rings. The number of aromatic nitrogens is 2. The molecule has 1 aliphatic heterocycles. The van der Waals surface area contributed by atoms with E-state index in [2.05, 4.69) is 16.5 Å². The second kappa shape index (κ2) is 9.26. The van der Waals surface area contributed by atoms with E-state index in [1.165, 1.54) is 22.5 Å². The lowest BCUT2D eigenvalue weighted by Crippen LogP contribution is -2.40. The van der Waals surface area contributed by atoms with Gasteiger partial charge in [0.05, 0.1) is 40.1 Å². The fourth-order valence-corrected chi connectivity index (χ4v) is 5.45. The van der Waals surface area contributed by atoms with Gasteiger partial charge >= 0.3 is 0 Å². The van der Waals surface area contributed by atoms with E-state index in [-0.39, 0.29) is 28.6 Å². The van der Waals surface area contributed by atoms with Gasteiger partial charge in [-0.2, -0.15) is 9.40 Å². The van der Waals surface area contributed by atoms with Gasteiger partial charge in [0.1, 0.15) is 5.82 Å². The molecule has 2 aromatic carbocycles. The lowest BCUT2D eigenvalue weighted by molar-refractivity contribution is 0.0730. The van der Waals surface area contributed by atoms with Crippen LogP contribution in [-0.2, 0) is 14.8 Å². The molecule has 1 amide bonds. The van der Waals surface area contributed by atoms with E-state index >= 15 is 0 Å². The van der Waals surface area contributed by atoms with Crippen LogP contribution in [0.15, 0.2) is 47.4 Å². The topological polar surface area (TPSA) is 93.5 Å². The van der Waals surface area contributed by atoms with Crippen molar-refractivity contribution in [3.05, 3.63) is 69.9 Å². The zero-order valence-corrected chi connectivity index (χ0v) is 20.2. The van der Waals surface area contributed by atoms with Crippen molar-refractivity contribution < 1.29 is 17.9 Å². The summed E-state index contributed by atoms with van der Waals surface area (Å²) in [5, 5.41) is 7.49. The Bertz CT molecular complexity index is 1290. The fourth-order valence-electron chi connectivity index (χ4n) is 3.82. The molecule has 33 heavy (non-hydrogen) atoms. The molecule has 1 fully saturated rings. The molecular weight excluding hydrogens is 464 g/mol. The highest BCUT2D eigenvalue weighted by atomic mass is 35.5. The molecule has 0 saturated carbocycles. The Morgan fingerprint density at radius 3 is 2.36 bits per heavy atom. The molecule has 8 nitrogen and oxygen atoms in total. The summed E-state index contributed by atoms with van der Waals surface area (Å²) in [6.45, 7) is 7.01. The maximum Gasteiger partial charge on any atom is 0.258 e. The Hall–Kier alpha value is -2.72. The minimum Gasteiger partial charge on any atom is -0.379 e. The average Bonchev–Trinajstić information content (AvgIpc) is 3.13. The van der Waals surface area contributed by atoms with Crippen molar-refractivity contribution in [1.29, 1.82) is 0 Å². The maximum atomic E-state index is 13.2. The number of hydrogen-bond acceptors (Lipinski definition) is 5. The lowest BCUT2D eigenvalue weighted by Gasteiger charge is -2.26. The minimum atomic E-state index is -3.77. The summed E-state index contributed by atoms with van der Waals surface area (Å²) < 4.78 is 34.3. The van der Waals surface area contributed by atoms with Gasteiger partial charge in [-0.3, -0.25) is 4.79 Å². The van der Waals surface area contributed by atoms with E-state index in [4.69, 9.17) is 16.3 Å². The molecule has 0 aliphatic carbocycles. The van der Waals surface area contributed by atoms with Gasteiger partial charge in [0.15, 0.2) is 0 Å². The van der Waals surface area contributed by atoms with Gasteiger partial charge < -0.3 is 10.1 Å². The molecule has 1 saturated heterocycles. The van der Waals surface area contributed by atoms with Crippen molar-refractivity contribution in [2.45, 2.75) is 25.7 Å². The van der Waals surface area contributed by atoms with Crippen molar-refractivity contribution in [3.63, 3.8) is 0 Å². The number of amides is 1. The predicted octanol–water partition coefficient (Wildman–Crippen LogP) is 3.72. The molecular formula is C23H25ClN4O4S. The summed E-state index contributed by atoms with van der Waals surface area (Å²) in [6.07, 6.45) is 0. The fraction of sp³-hybridized carbons (Fsp3) is 0.304. The molecule has 0 unspecified atom stereocenters. The Labute approximate surface area is 198 Å². The largest absolute Gasteiger partial charge is 0.379 e. The molecule has 10 heteroatoms. The number of benzene rings is 2. The highest BCUT2D eigenvalue weighted by Crippen LogP contribution is 2.26. The molecule has 174 valence electrons. The van der Waals surface area contributed by atoms with Crippen LogP contribution in [0.3, 0.4) is 0 Å². The molecule has 1 aromatic heterocycles. The Morgan fingerprint density at radius 1 is 1.03 bits per heavy atom. The smallest absolute Gasteiger partial charge is 0.258 e. The van der Waals surface area contributed by atoms with Crippen molar-refractivity contribution in [3.8, 4) is 5.69 Å². The Balaban J connectivity index is 1.66. The number of hydrogen-bond donors (Lipinski definition) is 1. The molecule has 2 heterocycles. The summed E-state index contributed by atoms with van der Waals surface area (Å²) in [7, 11) is -3.77. The quantitative estimate of drug-likeness (QED) is 0.590. The van der Waals surface area contributed by atoms with Crippen molar-refractivity contribution in [2.24, 2.45) is 0 Å². The van der Waals surface area contributed by atoms with Gasteiger partial charge in [-0.05, 0) is 62.2 Å². The molecule has 1 N–H and O–H groups in total. The number of nitrogens with zero attached hydrogens (tertiary/aromatic N) is 3. The highest BCUT2D eigenvalue weighted by Gasteiger charge is 2.28. The maximum absolute atomic E-state index is 13.2. The second-order valence-electron chi connectivity index (χ2n) is 8.04. The first-order valence-corrected chi connectivity index (χ1v) is 12.3. The van der Waals surface area contributed by atoms with Crippen LogP contribution in [0.5, 0.6) is 0 Å². The number of nitrogens with one attached hydrogen (secondary N) is 1. The first-order valence-electron chi connectivity index (χ1n) is 10.5. The normalized spacial score (nSPS) is 14.9. The van der Waals surface area contributed by atoms with E-state index in [1.54, 1.807) is 10.7 Å². The molecule has 0 bridgehead atoms. The van der Waals surface area contributed by atoms with Crippen LogP contribution >= 0.6 is 11.6 Å². The standard InChI is InChI=1S/C23H25ClN4O4S/c1-15-10-16(2)12-18(11-15)28-22(13-17(3)26-28)25-23(29)20-14-19(4-5-21(20)24)33(30,31)27-6-8-32-9-7-27/h4-5,10-14H,6-9H2,1-3H3,(H,25,29). The molecule has 4 rings (SSSR count). The number of halogens is 1. The van der Waals surface area contributed by atoms with Crippen LogP contribution in [-0.4, -0.2) is 54.7 Å². The summed E-state index contributed by atoms with van der Waals surface area (Å²) in [5.41, 5.74) is 3.74. The summed E-state index contributed by atoms with van der Waals surface area (Å²) >= 11 is 6.29. The van der Waals surface area contributed by atoms with E-state index in [1.807, 2.05) is 32.9 Å². The van der Waals surface area contributed by atoms with E-state index < -0.39 is 15.9 Å². The second-order valence-corrected chi connectivity index (χ2v) is 10.4. The van der Waals surface area contributed by atoms with Gasteiger partial charge in [-0.1, -0.05) is 17.7 Å². The molecule has 1 aliphatic rings. The van der Waals surface area contributed by atoms with E-state index in [0.717, 1.165) is 22.5 Å². The van der Waals surface area contributed by atoms with Crippen LogP contribution in [0, 0.1) is 20.8 Å². The summed E-state index contributed by atoms with van der Waals surface area (Å²) in [4.78, 5) is 13.2. The highest BCUT2D eigenvalue weighted by molar-refractivity contribution is 7.89. The zero-order chi connectivity index (χ0) is 23.8. The number of rotatable bonds is 5. The van der Waals surface area contributed by atoms with Gasteiger partial charge in [0.2, 0.25) is 10.0 Å². The number of carbonyl (C=O) groups excluding carboxylic acids is 1. The van der Waals surface area contributed by atoms with Crippen molar-refractivity contribution in [2.75, 3.05) is 31.6 Å². The van der Waals surface area contributed by atoms with E-state index in [0.29, 0.717) is 19.0 Å². The number of aryl methyl sites for hydroxylation is 3. The third-order valence-corrected chi connectivity index (χ3v) is 7.54. The first-order chi connectivity index (χ1) is 15.6. The van der Waals surface area contributed by atoms with Crippen LogP contribution in [0.2, 0.25) is 5.02 Å². The number of ether oxygens (including phenoxy) is 1. The third-order valence-electron chi connectivity index (χ3n) is 5.31. The SMILES string of the molecule is Cc1cc(C)cc(-n2nc(C)cc2NC(=O)c2cc(S(=O)(=O)N3CCOCC3)ccc2Cl)c1. The van der Waals surface area contributed by atoms with Gasteiger partial charge in [0.25, 0.3) is 5.91 Å². The van der Waals surface area contributed by atoms with E-state index in [9.17, 15) is 13.2 Å². The lowest BCUT2D eigenvalue weighted by atomic mass is 10.1. The van der Waals surface area contributed by atoms with Gasteiger partial charge in [0, 0.05) is 19.2 Å². The molecule has 0 spiro atoms. The van der Waals surface area contributed by atoms with Gasteiger partial charge in [-0.15, -0.1) is 0 Å². The minimum absolute atomic E-state index is 0.0120. The van der Waals surface area contributed by atoms with Crippen LogP contribution in [0.1, 0.15) is 27.2 Å². The number of morpholine rings is 1. The number of sulfonamides is 1. The predicted molar refractivity (Wildman–Crippen MR) is 127 cm³/mol. The van der Waals surface area contributed by atoms with Crippen LogP contribution < -0.4 is 5.32 Å². The first kappa shape index (κ1) is 23.4. The van der Waals surface area contributed by atoms with Crippen molar-refractivity contribution >= 4 is 33.3 Å².